The van der Waals surface area contributed by atoms with Gasteiger partial charge in [0, 0.05) is 6.42 Å². The summed E-state index contributed by atoms with van der Waals surface area (Å²) in [7, 11) is 0. The van der Waals surface area contributed by atoms with Crippen LogP contribution in [0.2, 0.25) is 0 Å². The minimum atomic E-state index is -0.149. The van der Waals surface area contributed by atoms with E-state index in [9.17, 15) is 4.79 Å². The van der Waals surface area contributed by atoms with E-state index in [0.29, 0.717) is 12.3 Å². The molecule has 0 radical (unpaired) electrons. The molecule has 2 N–H and O–H groups in total. The first-order valence-electron chi connectivity index (χ1n) is 5.18. The number of hydrogen-bond donors (Lipinski definition) is 2. The lowest BCUT2D eigenvalue weighted by atomic mass is 10.0. The summed E-state index contributed by atoms with van der Waals surface area (Å²) in [4.78, 5) is 11.3. The molecule has 1 rings (SSSR count). The highest BCUT2D eigenvalue weighted by Gasteiger charge is 2.15. The summed E-state index contributed by atoms with van der Waals surface area (Å²) >= 11 is 0. The lowest BCUT2D eigenvalue weighted by Gasteiger charge is -2.10. The molecule has 1 saturated heterocycles. The largest absolute Gasteiger partial charge is 0.343 e. The first-order valence-corrected chi connectivity index (χ1v) is 5.18. The van der Waals surface area contributed by atoms with Gasteiger partial charge in [-0.15, -0.1) is 6.42 Å². The van der Waals surface area contributed by atoms with Crippen LogP contribution in [0.5, 0.6) is 0 Å². The van der Waals surface area contributed by atoms with Gasteiger partial charge in [-0.3, -0.25) is 4.79 Å². The molecule has 2 unspecified atom stereocenters. The number of terminal acetylenes is 1. The van der Waals surface area contributed by atoms with Crippen LogP contribution in [0, 0.1) is 18.3 Å². The van der Waals surface area contributed by atoms with Gasteiger partial charge in [-0.05, 0) is 38.8 Å². The van der Waals surface area contributed by atoms with Crippen molar-refractivity contribution in [3.05, 3.63) is 0 Å². The Morgan fingerprint density at radius 3 is 3.14 bits per heavy atom. The lowest BCUT2D eigenvalue weighted by molar-refractivity contribution is -0.121. The van der Waals surface area contributed by atoms with Crippen LogP contribution in [0.4, 0.5) is 0 Å². The van der Waals surface area contributed by atoms with E-state index in [2.05, 4.69) is 16.6 Å². The Kier molecular flexibility index (Phi) is 4.48. The van der Waals surface area contributed by atoms with Gasteiger partial charge in [-0.2, -0.15) is 0 Å². The van der Waals surface area contributed by atoms with Crippen LogP contribution in [0.1, 0.15) is 26.2 Å². The van der Waals surface area contributed by atoms with Gasteiger partial charge in [0.15, 0.2) is 0 Å². The fraction of sp³-hybridized carbons (Fsp3) is 0.727. The molecule has 0 aromatic carbocycles. The topological polar surface area (TPSA) is 41.1 Å². The number of amides is 1. The molecule has 0 bridgehead atoms. The summed E-state index contributed by atoms with van der Waals surface area (Å²) in [5, 5.41) is 6.04. The van der Waals surface area contributed by atoms with Crippen molar-refractivity contribution in [2.75, 3.05) is 13.1 Å². The van der Waals surface area contributed by atoms with Crippen molar-refractivity contribution in [1.82, 2.24) is 10.6 Å². The molecule has 78 valence electrons. The summed E-state index contributed by atoms with van der Waals surface area (Å²) in [6.45, 7) is 3.96. The van der Waals surface area contributed by atoms with E-state index >= 15 is 0 Å². The van der Waals surface area contributed by atoms with Crippen LogP contribution in [0.3, 0.4) is 0 Å². The fourth-order valence-electron chi connectivity index (χ4n) is 1.65. The number of rotatable bonds is 4. The maximum absolute atomic E-state index is 11.3. The molecule has 2 atom stereocenters. The minimum absolute atomic E-state index is 0.0716. The summed E-state index contributed by atoms with van der Waals surface area (Å²) in [5.74, 6) is 3.22. The molecule has 0 aliphatic carbocycles. The Hall–Kier alpha value is -1.01. The average molecular weight is 194 g/mol. The van der Waals surface area contributed by atoms with E-state index in [1.807, 2.05) is 6.92 Å². The monoisotopic (exact) mass is 194 g/mol. The van der Waals surface area contributed by atoms with Crippen LogP contribution in [0.25, 0.3) is 0 Å². The zero-order valence-corrected chi connectivity index (χ0v) is 8.68. The summed E-state index contributed by atoms with van der Waals surface area (Å²) in [5.41, 5.74) is 0. The van der Waals surface area contributed by atoms with Crippen molar-refractivity contribution in [2.45, 2.75) is 32.2 Å². The molecule has 3 nitrogen and oxygen atoms in total. The average Bonchev–Trinajstić information content (AvgIpc) is 2.67. The zero-order chi connectivity index (χ0) is 10.4. The van der Waals surface area contributed by atoms with Gasteiger partial charge in [0.2, 0.25) is 5.91 Å². The van der Waals surface area contributed by atoms with Crippen LogP contribution >= 0.6 is 0 Å². The summed E-state index contributed by atoms with van der Waals surface area (Å²) in [6.07, 6.45) is 7.92. The number of carbonyl (C=O) groups is 1. The van der Waals surface area contributed by atoms with E-state index in [4.69, 9.17) is 6.42 Å². The second kappa shape index (κ2) is 5.66. The van der Waals surface area contributed by atoms with Crippen molar-refractivity contribution < 1.29 is 4.79 Å². The minimum Gasteiger partial charge on any atom is -0.343 e. The predicted octanol–water partition coefficient (Wildman–Crippen LogP) is 0.514. The molecule has 0 aromatic heterocycles. The third-order valence-electron chi connectivity index (χ3n) is 2.57. The van der Waals surface area contributed by atoms with E-state index in [0.717, 1.165) is 19.5 Å². The van der Waals surface area contributed by atoms with E-state index in [1.165, 1.54) is 6.42 Å². The fourth-order valence-corrected chi connectivity index (χ4v) is 1.65. The Bertz CT molecular complexity index is 226. The number of hydrogen-bond acceptors (Lipinski definition) is 2. The van der Waals surface area contributed by atoms with Crippen molar-refractivity contribution in [2.24, 2.45) is 5.92 Å². The smallest absolute Gasteiger partial charge is 0.220 e. The first kappa shape index (κ1) is 11.1. The van der Waals surface area contributed by atoms with E-state index < -0.39 is 0 Å². The van der Waals surface area contributed by atoms with Crippen molar-refractivity contribution >= 4 is 5.91 Å². The molecular weight excluding hydrogens is 176 g/mol. The highest BCUT2D eigenvalue weighted by atomic mass is 16.1. The SMILES string of the molecule is C#CC(C)NC(=O)CCC1CCNC1. The van der Waals surface area contributed by atoms with Gasteiger partial charge in [0.25, 0.3) is 0 Å². The molecule has 0 saturated carbocycles. The van der Waals surface area contributed by atoms with Crippen LogP contribution in [0.15, 0.2) is 0 Å². The summed E-state index contributed by atoms with van der Waals surface area (Å²) in [6, 6.07) is -0.149. The van der Waals surface area contributed by atoms with Gasteiger partial charge in [0.1, 0.15) is 0 Å². The normalized spacial score (nSPS) is 22.7. The zero-order valence-electron chi connectivity index (χ0n) is 8.68. The van der Waals surface area contributed by atoms with Gasteiger partial charge in [-0.1, -0.05) is 5.92 Å². The van der Waals surface area contributed by atoms with Gasteiger partial charge < -0.3 is 10.6 Å². The first-order chi connectivity index (χ1) is 6.72. The highest BCUT2D eigenvalue weighted by Crippen LogP contribution is 2.13. The molecular formula is C11H18N2O. The Morgan fingerprint density at radius 2 is 2.57 bits per heavy atom. The molecule has 1 aliphatic heterocycles. The van der Waals surface area contributed by atoms with Crippen molar-refractivity contribution in [3.63, 3.8) is 0 Å². The van der Waals surface area contributed by atoms with Crippen LogP contribution in [-0.4, -0.2) is 25.0 Å². The molecule has 0 aromatic rings. The number of nitrogens with one attached hydrogen (secondary N) is 2. The maximum Gasteiger partial charge on any atom is 0.220 e. The molecule has 1 fully saturated rings. The predicted molar refractivity (Wildman–Crippen MR) is 56.6 cm³/mol. The van der Waals surface area contributed by atoms with Gasteiger partial charge in [-0.25, -0.2) is 0 Å². The molecule has 1 heterocycles. The number of carbonyl (C=O) groups excluding carboxylic acids is 1. The second-order valence-corrected chi connectivity index (χ2v) is 3.85. The van der Waals surface area contributed by atoms with Gasteiger partial charge in [0.05, 0.1) is 6.04 Å². The molecule has 14 heavy (non-hydrogen) atoms. The van der Waals surface area contributed by atoms with E-state index in [1.54, 1.807) is 0 Å². The Morgan fingerprint density at radius 1 is 1.79 bits per heavy atom. The third kappa shape index (κ3) is 3.80. The summed E-state index contributed by atoms with van der Waals surface area (Å²) < 4.78 is 0. The molecule has 0 spiro atoms. The standard InChI is InChI=1S/C11H18N2O/c1-3-9(2)13-11(14)5-4-10-6-7-12-8-10/h1,9-10,12H,4-8H2,2H3,(H,13,14). The van der Waals surface area contributed by atoms with Crippen molar-refractivity contribution in [3.8, 4) is 12.3 Å². The molecule has 1 amide bonds. The third-order valence-corrected chi connectivity index (χ3v) is 2.57. The maximum atomic E-state index is 11.3. The lowest BCUT2D eigenvalue weighted by Crippen LogP contribution is -2.31. The quantitative estimate of drug-likeness (QED) is 0.640. The van der Waals surface area contributed by atoms with Crippen LogP contribution in [-0.2, 0) is 4.79 Å². The Labute approximate surface area is 85.6 Å². The highest BCUT2D eigenvalue weighted by molar-refractivity contribution is 5.76. The molecule has 3 heteroatoms. The Balaban J connectivity index is 2.11. The van der Waals surface area contributed by atoms with Crippen molar-refractivity contribution in [1.29, 1.82) is 0 Å². The van der Waals surface area contributed by atoms with E-state index in [-0.39, 0.29) is 11.9 Å². The molecule has 1 aliphatic rings. The van der Waals surface area contributed by atoms with Gasteiger partial charge >= 0.3 is 0 Å². The second-order valence-electron chi connectivity index (χ2n) is 3.85. The van der Waals surface area contributed by atoms with Crippen LogP contribution < -0.4 is 10.6 Å².